The molecular weight excluding hydrogens is 750 g/mol. The highest BCUT2D eigenvalue weighted by atomic mass is 35.5. The van der Waals surface area contributed by atoms with Crippen molar-refractivity contribution in [1.82, 2.24) is 14.7 Å². The molecular formula is C34H40ClN7O11S. The first-order valence-electron chi connectivity index (χ1n) is 16.6. The number of nitrogens with zero attached hydrogens (tertiary/aromatic N) is 6. The number of amides is 2. The number of anilines is 1. The van der Waals surface area contributed by atoms with Crippen molar-refractivity contribution in [2.24, 2.45) is 5.28 Å². The van der Waals surface area contributed by atoms with E-state index in [0.717, 1.165) is 6.07 Å². The lowest BCUT2D eigenvalue weighted by atomic mass is 10.1. The van der Waals surface area contributed by atoms with Crippen molar-refractivity contribution in [3.63, 3.8) is 0 Å². The summed E-state index contributed by atoms with van der Waals surface area (Å²) in [5.74, 6) is -1.61. The number of halogens is 1. The molecule has 290 valence electrons. The van der Waals surface area contributed by atoms with E-state index in [1.165, 1.54) is 64.6 Å². The standard InChI is InChI=1S/C34H40ClN7O11S/c1-7-38(8-2)42(48)37-52-21-51-32(44)25-11-9-10-23(17-25)20-39(33(45)53-34(4,5)6)54(49,50)30-19-24(12-14-28(30)35)31(43)36-40-22(3)16-26-18-27(41(46)47)13-15-29(26)40/h9-15,17-19,22H,7-8,16,20-21H2,1-6H3,(H,36,43). The number of nitro groups is 1. The number of esters is 1. The molecule has 0 aliphatic carbocycles. The first kappa shape index (κ1) is 41.1. The van der Waals surface area contributed by atoms with Gasteiger partial charge in [0.05, 0.1) is 51.8 Å². The normalized spacial score (nSPS) is 14.2. The fraction of sp³-hybridized carbons (Fsp3) is 0.382. The van der Waals surface area contributed by atoms with E-state index in [0.29, 0.717) is 35.1 Å². The Balaban J connectivity index is 1.59. The summed E-state index contributed by atoms with van der Waals surface area (Å²) in [6, 6.07) is 13.0. The lowest BCUT2D eigenvalue weighted by Crippen LogP contribution is -2.45. The quantitative estimate of drug-likeness (QED) is 0.0393. The molecule has 3 aromatic carbocycles. The van der Waals surface area contributed by atoms with Crippen molar-refractivity contribution in [2.75, 3.05) is 24.9 Å². The van der Waals surface area contributed by atoms with Crippen molar-refractivity contribution in [3.8, 4) is 0 Å². The molecule has 54 heavy (non-hydrogen) atoms. The van der Waals surface area contributed by atoms with Crippen molar-refractivity contribution in [2.45, 2.75) is 71.0 Å². The summed E-state index contributed by atoms with van der Waals surface area (Å²) in [5.41, 5.74) is 2.70. The summed E-state index contributed by atoms with van der Waals surface area (Å²) < 4.78 is 39.4. The Morgan fingerprint density at radius 2 is 1.74 bits per heavy atom. The van der Waals surface area contributed by atoms with Crippen LogP contribution in [0.3, 0.4) is 0 Å². The molecule has 0 radical (unpaired) electrons. The minimum atomic E-state index is -4.84. The van der Waals surface area contributed by atoms with Gasteiger partial charge in [-0.3, -0.25) is 25.3 Å². The molecule has 1 aliphatic rings. The third-order valence-corrected chi connectivity index (χ3v) is 10.1. The van der Waals surface area contributed by atoms with E-state index in [4.69, 9.17) is 25.9 Å². The molecule has 1 N–H and O–H groups in total. The van der Waals surface area contributed by atoms with Gasteiger partial charge in [-0.25, -0.2) is 18.0 Å². The average molecular weight is 790 g/mol. The van der Waals surface area contributed by atoms with Gasteiger partial charge in [-0.05, 0) is 95.5 Å². The average Bonchev–Trinajstić information content (AvgIpc) is 3.42. The molecule has 0 aromatic heterocycles. The molecule has 1 unspecified atom stereocenters. The number of nitro benzene ring substituents is 1. The molecule has 0 bridgehead atoms. The summed E-state index contributed by atoms with van der Waals surface area (Å²) in [5, 5.41) is 29.0. The van der Waals surface area contributed by atoms with Gasteiger partial charge in [0.25, 0.3) is 28.4 Å². The summed E-state index contributed by atoms with van der Waals surface area (Å²) in [7, 11) is -4.84. The van der Waals surface area contributed by atoms with Crippen molar-refractivity contribution < 1.29 is 47.0 Å². The molecule has 1 heterocycles. The van der Waals surface area contributed by atoms with Gasteiger partial charge >= 0.3 is 12.1 Å². The molecule has 0 saturated carbocycles. The second-order valence-corrected chi connectivity index (χ2v) is 15.2. The molecule has 1 aliphatic heterocycles. The number of hydrazine groups is 2. The number of fused-ring (bicyclic) bond motifs is 1. The molecule has 2 amide bonds. The SMILES string of the molecule is CCN(CC)[N+]([O-])=NOCOC(=O)c1cccc(CN(C(=O)OC(C)(C)C)S(=O)(=O)c2cc(C(=O)NN3c4ccc([N+](=O)[O-])cc4CC3C)ccc2Cl)c1. The topological polar surface area (TPSA) is 216 Å². The number of ether oxygens (including phenoxy) is 2. The van der Waals surface area contributed by atoms with Crippen LogP contribution in [-0.4, -0.2) is 77.1 Å². The predicted octanol–water partition coefficient (Wildman–Crippen LogP) is 5.74. The summed E-state index contributed by atoms with van der Waals surface area (Å²) >= 11 is 6.39. The van der Waals surface area contributed by atoms with Crippen LogP contribution in [0.2, 0.25) is 5.02 Å². The van der Waals surface area contributed by atoms with Crippen LogP contribution in [0, 0.1) is 15.3 Å². The van der Waals surface area contributed by atoms with E-state index in [1.807, 2.05) is 0 Å². The Hall–Kier alpha value is -5.69. The first-order chi connectivity index (χ1) is 25.4. The van der Waals surface area contributed by atoms with Gasteiger partial charge in [-0.1, -0.05) is 23.7 Å². The predicted molar refractivity (Wildman–Crippen MR) is 193 cm³/mol. The van der Waals surface area contributed by atoms with Crippen LogP contribution in [0.5, 0.6) is 0 Å². The minimum absolute atomic E-state index is 0.0376. The number of non-ortho nitro benzene ring substituents is 1. The highest BCUT2D eigenvalue weighted by Crippen LogP contribution is 2.34. The van der Waals surface area contributed by atoms with E-state index in [9.17, 15) is 38.1 Å². The van der Waals surface area contributed by atoms with E-state index < -0.39 is 56.8 Å². The molecule has 0 saturated heterocycles. The van der Waals surface area contributed by atoms with Gasteiger partial charge in [0.2, 0.25) is 5.28 Å². The Labute approximate surface area is 316 Å². The van der Waals surface area contributed by atoms with Crippen LogP contribution in [0.25, 0.3) is 0 Å². The van der Waals surface area contributed by atoms with Crippen molar-refractivity contribution in [1.29, 1.82) is 0 Å². The van der Waals surface area contributed by atoms with Gasteiger partial charge in [0.1, 0.15) is 10.5 Å². The summed E-state index contributed by atoms with van der Waals surface area (Å²) in [6.07, 6.45) is -0.856. The van der Waals surface area contributed by atoms with Crippen LogP contribution >= 0.6 is 11.6 Å². The van der Waals surface area contributed by atoms with Gasteiger partial charge < -0.3 is 19.5 Å². The minimum Gasteiger partial charge on any atom is -0.569 e. The number of sulfonamides is 1. The lowest BCUT2D eigenvalue weighted by molar-refractivity contribution is -0.710. The number of carbonyl (C=O) groups excluding carboxylic acids is 3. The molecule has 20 heteroatoms. The molecule has 0 fully saturated rings. The van der Waals surface area contributed by atoms with Gasteiger partial charge in [0, 0.05) is 17.7 Å². The fourth-order valence-corrected chi connectivity index (χ4v) is 7.10. The number of carbonyl (C=O) groups is 3. The third kappa shape index (κ3) is 9.84. The maximum atomic E-state index is 14.2. The van der Waals surface area contributed by atoms with Crippen molar-refractivity contribution in [3.05, 3.63) is 103 Å². The zero-order chi connectivity index (χ0) is 40.0. The number of nitrogens with one attached hydrogen (secondary N) is 1. The van der Waals surface area contributed by atoms with E-state index in [2.05, 4.69) is 10.7 Å². The van der Waals surface area contributed by atoms with E-state index in [-0.39, 0.29) is 38.4 Å². The monoisotopic (exact) mass is 789 g/mol. The Morgan fingerprint density at radius 3 is 2.39 bits per heavy atom. The largest absolute Gasteiger partial charge is 0.569 e. The number of benzene rings is 3. The smallest absolute Gasteiger partial charge is 0.424 e. The number of hydrogen-bond donors (Lipinski definition) is 1. The van der Waals surface area contributed by atoms with E-state index >= 15 is 0 Å². The molecule has 3 aromatic rings. The molecule has 0 spiro atoms. The first-order valence-corrected chi connectivity index (χ1v) is 18.4. The van der Waals surface area contributed by atoms with Crippen molar-refractivity contribution >= 4 is 51.0 Å². The maximum absolute atomic E-state index is 14.2. The third-order valence-electron chi connectivity index (χ3n) is 7.90. The maximum Gasteiger partial charge on any atom is 0.424 e. The number of hydrogen-bond acceptors (Lipinski definition) is 13. The Kier molecular flexibility index (Phi) is 12.9. The fourth-order valence-electron chi connectivity index (χ4n) is 5.31. The second-order valence-electron chi connectivity index (χ2n) is 12.9. The molecule has 4 rings (SSSR count). The molecule has 1 atom stereocenters. The zero-order valence-electron chi connectivity index (χ0n) is 30.3. The number of rotatable bonds is 14. The van der Waals surface area contributed by atoms with Crippen LogP contribution in [0.15, 0.2) is 70.8 Å². The van der Waals surface area contributed by atoms with E-state index in [1.54, 1.807) is 41.5 Å². The highest BCUT2D eigenvalue weighted by molar-refractivity contribution is 7.89. The Morgan fingerprint density at radius 1 is 1.04 bits per heavy atom. The lowest BCUT2D eigenvalue weighted by Gasteiger charge is -2.28. The summed E-state index contributed by atoms with van der Waals surface area (Å²) in [6.45, 7) is 9.33. The van der Waals surface area contributed by atoms with Crippen LogP contribution in [-0.2, 0) is 37.3 Å². The van der Waals surface area contributed by atoms with Gasteiger partial charge in [-0.2, -0.15) is 4.31 Å². The van der Waals surface area contributed by atoms with Gasteiger partial charge in [0.15, 0.2) is 0 Å². The second kappa shape index (κ2) is 17.0. The highest BCUT2D eigenvalue weighted by Gasteiger charge is 2.36. The van der Waals surface area contributed by atoms with Crippen LogP contribution in [0.1, 0.15) is 73.4 Å². The van der Waals surface area contributed by atoms with Crippen LogP contribution in [0.4, 0.5) is 16.2 Å². The summed E-state index contributed by atoms with van der Waals surface area (Å²) in [4.78, 5) is 54.9. The van der Waals surface area contributed by atoms with Gasteiger partial charge in [-0.15, -0.1) is 5.01 Å². The zero-order valence-corrected chi connectivity index (χ0v) is 31.9. The molecule has 18 nitrogen and oxygen atoms in total. The van der Waals surface area contributed by atoms with Crippen LogP contribution < -0.4 is 10.4 Å². The Bertz CT molecular complexity index is 2050.